The van der Waals surface area contributed by atoms with Crippen LogP contribution >= 0.6 is 0 Å². The molecule has 0 saturated carbocycles. The summed E-state index contributed by atoms with van der Waals surface area (Å²) in [5.74, 6) is 0. The third-order valence-corrected chi connectivity index (χ3v) is 1.93. The maximum absolute atomic E-state index is 9.50. The van der Waals surface area contributed by atoms with Gasteiger partial charge in [0.2, 0.25) is 0 Å². The Bertz CT molecular complexity index is 131. The quantitative estimate of drug-likeness (QED) is 0.405. The molecule has 80 valence electrons. The maximum Gasteiger partial charge on any atom is 0.110 e. The van der Waals surface area contributed by atoms with Gasteiger partial charge in [0.25, 0.3) is 0 Å². The summed E-state index contributed by atoms with van der Waals surface area (Å²) in [6.07, 6.45) is -3.75. The number of hydrogen-bond donors (Lipinski definition) is 4. The lowest BCUT2D eigenvalue weighted by Gasteiger charge is -2.27. The molecule has 13 heavy (non-hydrogen) atoms. The van der Waals surface area contributed by atoms with Crippen LogP contribution < -0.4 is 5.32 Å². The van der Waals surface area contributed by atoms with E-state index in [0.717, 1.165) is 0 Å². The number of likely N-dealkylation sites (N-methyl/N-ethyl adjacent to an activating group) is 1. The Morgan fingerprint density at radius 3 is 2.08 bits per heavy atom. The summed E-state index contributed by atoms with van der Waals surface area (Å²) >= 11 is 0. The minimum atomic E-state index is -1.18. The van der Waals surface area contributed by atoms with E-state index in [-0.39, 0.29) is 0 Å². The highest BCUT2D eigenvalue weighted by atomic mass is 16.5. The van der Waals surface area contributed by atoms with Gasteiger partial charge >= 0.3 is 0 Å². The van der Waals surface area contributed by atoms with Crippen molar-refractivity contribution in [3.8, 4) is 0 Å². The van der Waals surface area contributed by atoms with Crippen LogP contribution in [0.25, 0.3) is 0 Å². The summed E-state index contributed by atoms with van der Waals surface area (Å²) in [4.78, 5) is 0. The van der Waals surface area contributed by atoms with Crippen molar-refractivity contribution in [1.82, 2.24) is 5.32 Å². The average molecular weight is 193 g/mol. The van der Waals surface area contributed by atoms with Crippen LogP contribution in [0.5, 0.6) is 0 Å². The molecular weight excluding hydrogens is 174 g/mol. The van der Waals surface area contributed by atoms with Crippen LogP contribution in [0.1, 0.15) is 6.92 Å². The van der Waals surface area contributed by atoms with Crippen molar-refractivity contribution in [2.45, 2.75) is 31.3 Å². The van der Waals surface area contributed by atoms with Crippen molar-refractivity contribution in [2.24, 2.45) is 0 Å². The molecule has 5 nitrogen and oxygen atoms in total. The van der Waals surface area contributed by atoms with Gasteiger partial charge in [0, 0.05) is 13.7 Å². The molecule has 0 aliphatic rings. The zero-order chi connectivity index (χ0) is 10.4. The number of hydrogen-bond acceptors (Lipinski definition) is 5. The van der Waals surface area contributed by atoms with Gasteiger partial charge in [0.05, 0.1) is 12.2 Å². The molecule has 0 saturated heterocycles. The summed E-state index contributed by atoms with van der Waals surface area (Å²) in [6, 6.07) is 0. The molecular formula is C8H19NO4. The number of aliphatic hydroxyl groups is 3. The third kappa shape index (κ3) is 4.02. The molecule has 0 bridgehead atoms. The van der Waals surface area contributed by atoms with E-state index in [1.165, 1.54) is 14.0 Å². The summed E-state index contributed by atoms with van der Waals surface area (Å²) in [5, 5.41) is 30.7. The monoisotopic (exact) mass is 193 g/mol. The Hall–Kier alpha value is -0.200. The standard InChI is InChI=1S/C8H19NO4/c1-5(10)7(11)8(12)6(13-3)4-9-2/h5-12H,4H2,1-3H3/t5-,6?,7?,8?/m1/s1. The molecule has 0 amide bonds. The fraction of sp³-hybridized carbons (Fsp3) is 1.00. The summed E-state index contributed by atoms with van der Waals surface area (Å²) in [6.45, 7) is 1.83. The minimum absolute atomic E-state index is 0.418. The van der Waals surface area contributed by atoms with Crippen molar-refractivity contribution in [1.29, 1.82) is 0 Å². The molecule has 0 heterocycles. The highest BCUT2D eigenvalue weighted by molar-refractivity contribution is 4.80. The zero-order valence-electron chi connectivity index (χ0n) is 8.27. The van der Waals surface area contributed by atoms with Crippen LogP contribution in [-0.2, 0) is 4.74 Å². The fourth-order valence-corrected chi connectivity index (χ4v) is 1.05. The van der Waals surface area contributed by atoms with Gasteiger partial charge in [-0.3, -0.25) is 0 Å². The first-order chi connectivity index (χ1) is 6.04. The Morgan fingerprint density at radius 2 is 1.77 bits per heavy atom. The second kappa shape index (κ2) is 6.28. The normalized spacial score (nSPS) is 20.8. The van der Waals surface area contributed by atoms with E-state index in [4.69, 9.17) is 9.84 Å². The van der Waals surface area contributed by atoms with Crippen LogP contribution in [0.4, 0.5) is 0 Å². The number of nitrogens with one attached hydrogen (secondary N) is 1. The molecule has 3 unspecified atom stereocenters. The Kier molecular flexibility index (Phi) is 6.19. The predicted molar refractivity (Wildman–Crippen MR) is 48.4 cm³/mol. The van der Waals surface area contributed by atoms with Crippen LogP contribution in [0.3, 0.4) is 0 Å². The Labute approximate surface area is 78.3 Å². The van der Waals surface area contributed by atoms with Crippen molar-refractivity contribution in [2.75, 3.05) is 20.7 Å². The number of methoxy groups -OCH3 is 1. The molecule has 0 aromatic carbocycles. The highest BCUT2D eigenvalue weighted by Crippen LogP contribution is 2.06. The lowest BCUT2D eigenvalue weighted by molar-refractivity contribution is -0.108. The van der Waals surface area contributed by atoms with Gasteiger partial charge in [-0.1, -0.05) is 0 Å². The molecule has 0 fully saturated rings. The van der Waals surface area contributed by atoms with E-state index in [2.05, 4.69) is 5.32 Å². The first-order valence-electron chi connectivity index (χ1n) is 4.26. The first kappa shape index (κ1) is 12.8. The highest BCUT2D eigenvalue weighted by Gasteiger charge is 2.28. The Morgan fingerprint density at radius 1 is 1.23 bits per heavy atom. The molecule has 0 aliphatic carbocycles. The smallest absolute Gasteiger partial charge is 0.110 e. The lowest BCUT2D eigenvalue weighted by atomic mass is 10.0. The van der Waals surface area contributed by atoms with Gasteiger partial charge in [-0.25, -0.2) is 0 Å². The topological polar surface area (TPSA) is 82.0 Å². The number of aliphatic hydroxyl groups excluding tert-OH is 3. The molecule has 4 N–H and O–H groups in total. The van der Waals surface area contributed by atoms with E-state index in [1.807, 2.05) is 0 Å². The van der Waals surface area contributed by atoms with Crippen molar-refractivity contribution in [3.05, 3.63) is 0 Å². The van der Waals surface area contributed by atoms with E-state index >= 15 is 0 Å². The molecule has 0 radical (unpaired) electrons. The van der Waals surface area contributed by atoms with Gasteiger partial charge in [0.15, 0.2) is 0 Å². The molecule has 0 spiro atoms. The van der Waals surface area contributed by atoms with Crippen molar-refractivity contribution in [3.63, 3.8) is 0 Å². The molecule has 0 rings (SSSR count). The van der Waals surface area contributed by atoms with E-state index in [9.17, 15) is 10.2 Å². The van der Waals surface area contributed by atoms with Gasteiger partial charge in [-0.15, -0.1) is 0 Å². The van der Waals surface area contributed by atoms with Gasteiger partial charge < -0.3 is 25.4 Å². The average Bonchev–Trinajstić information content (AvgIpc) is 2.11. The van der Waals surface area contributed by atoms with Gasteiger partial charge in [-0.05, 0) is 14.0 Å². The fourth-order valence-electron chi connectivity index (χ4n) is 1.05. The summed E-state index contributed by atoms with van der Waals surface area (Å²) < 4.78 is 4.94. The number of rotatable bonds is 6. The number of ether oxygens (including phenoxy) is 1. The van der Waals surface area contributed by atoms with Crippen molar-refractivity contribution >= 4 is 0 Å². The van der Waals surface area contributed by atoms with Crippen LogP contribution in [0.15, 0.2) is 0 Å². The lowest BCUT2D eigenvalue weighted by Crippen LogP contribution is -2.47. The first-order valence-corrected chi connectivity index (χ1v) is 4.26. The molecule has 0 aliphatic heterocycles. The zero-order valence-corrected chi connectivity index (χ0v) is 8.27. The van der Waals surface area contributed by atoms with Crippen LogP contribution in [-0.4, -0.2) is 60.4 Å². The summed E-state index contributed by atoms with van der Waals surface area (Å²) in [5.41, 5.74) is 0. The third-order valence-electron chi connectivity index (χ3n) is 1.93. The van der Waals surface area contributed by atoms with E-state index in [0.29, 0.717) is 6.54 Å². The molecule has 0 aromatic rings. The second-order valence-corrected chi connectivity index (χ2v) is 3.05. The van der Waals surface area contributed by atoms with E-state index < -0.39 is 24.4 Å². The maximum atomic E-state index is 9.50. The van der Waals surface area contributed by atoms with E-state index in [1.54, 1.807) is 7.05 Å². The summed E-state index contributed by atoms with van der Waals surface area (Å²) in [7, 11) is 3.16. The minimum Gasteiger partial charge on any atom is -0.391 e. The largest absolute Gasteiger partial charge is 0.391 e. The SMILES string of the molecule is CNCC(OC)C(O)C(O)[C@@H](C)O. The van der Waals surface area contributed by atoms with Gasteiger partial charge in [0.1, 0.15) is 12.2 Å². The second-order valence-electron chi connectivity index (χ2n) is 3.05. The van der Waals surface area contributed by atoms with Crippen molar-refractivity contribution < 1.29 is 20.1 Å². The van der Waals surface area contributed by atoms with Crippen LogP contribution in [0, 0.1) is 0 Å². The van der Waals surface area contributed by atoms with Crippen LogP contribution in [0.2, 0.25) is 0 Å². The Balaban J connectivity index is 4.10. The molecule has 4 atom stereocenters. The predicted octanol–water partition coefficient (Wildman–Crippen LogP) is -1.68. The molecule has 5 heteroatoms. The molecule has 0 aromatic heterocycles. The van der Waals surface area contributed by atoms with Gasteiger partial charge in [-0.2, -0.15) is 0 Å².